The Hall–Kier alpha value is -3.35. The Bertz CT molecular complexity index is 1160. The Morgan fingerprint density at radius 2 is 1.97 bits per heavy atom. The third kappa shape index (κ3) is 5.02. The predicted octanol–water partition coefficient (Wildman–Crippen LogP) is 4.79. The van der Waals surface area contributed by atoms with Gasteiger partial charge in [0.2, 0.25) is 5.91 Å². The number of aryl methyl sites for hydroxylation is 1. The minimum atomic E-state index is -0.299. The number of aromatic nitrogens is 2. The van der Waals surface area contributed by atoms with Crippen LogP contribution in [0.5, 0.6) is 11.5 Å². The first-order valence-electron chi connectivity index (χ1n) is 11.1. The first-order valence-corrected chi connectivity index (χ1v) is 11.1. The molecule has 4 rings (SSSR count). The lowest BCUT2D eigenvalue weighted by molar-refractivity contribution is -0.122. The summed E-state index contributed by atoms with van der Waals surface area (Å²) < 4.78 is 26.2. The van der Waals surface area contributed by atoms with Gasteiger partial charge in [-0.05, 0) is 60.6 Å². The second-order valence-electron chi connectivity index (χ2n) is 9.29. The molecule has 0 saturated heterocycles. The van der Waals surface area contributed by atoms with Crippen molar-refractivity contribution in [1.82, 2.24) is 15.1 Å². The molecule has 0 bridgehead atoms. The van der Waals surface area contributed by atoms with Crippen LogP contribution in [-0.4, -0.2) is 29.9 Å². The molecule has 33 heavy (non-hydrogen) atoms. The van der Waals surface area contributed by atoms with E-state index < -0.39 is 0 Å². The Balaban J connectivity index is 1.49. The van der Waals surface area contributed by atoms with Crippen LogP contribution in [0.1, 0.15) is 49.6 Å². The van der Waals surface area contributed by atoms with Crippen LogP contribution in [0.15, 0.2) is 48.7 Å². The van der Waals surface area contributed by atoms with E-state index in [2.05, 4.69) is 24.3 Å². The standard InChI is InChI=1S/C26H30FN3O3/c1-26(2)14-21(20-16-28-30(22(20)15-26)19-7-5-6-18(27)13-19)29-25(31)11-9-17-8-10-23(32-3)24(12-17)33-4/h5-8,10,12-13,16,21H,9,11,14-15H2,1-4H3,(H,29,31)/t21-/m0/s1. The third-order valence-electron chi connectivity index (χ3n) is 6.16. The molecule has 0 radical (unpaired) electrons. The minimum Gasteiger partial charge on any atom is -0.493 e. The van der Waals surface area contributed by atoms with Gasteiger partial charge in [0.25, 0.3) is 0 Å². The number of carbonyl (C=O) groups is 1. The number of rotatable bonds is 7. The number of carbonyl (C=O) groups excluding carboxylic acids is 1. The molecule has 1 aliphatic rings. The van der Waals surface area contributed by atoms with E-state index in [1.54, 1.807) is 31.2 Å². The van der Waals surface area contributed by atoms with Crippen LogP contribution in [0.4, 0.5) is 4.39 Å². The second kappa shape index (κ2) is 9.25. The van der Waals surface area contributed by atoms with Gasteiger partial charge in [0.1, 0.15) is 5.82 Å². The van der Waals surface area contributed by atoms with Crippen LogP contribution in [0.3, 0.4) is 0 Å². The molecule has 0 unspecified atom stereocenters. The highest BCUT2D eigenvalue weighted by atomic mass is 19.1. The van der Waals surface area contributed by atoms with Crippen molar-refractivity contribution in [3.05, 3.63) is 71.3 Å². The highest BCUT2D eigenvalue weighted by Crippen LogP contribution is 2.41. The molecule has 0 spiro atoms. The number of ether oxygens (including phenoxy) is 2. The summed E-state index contributed by atoms with van der Waals surface area (Å²) in [4.78, 5) is 12.9. The normalized spacial score (nSPS) is 16.7. The van der Waals surface area contributed by atoms with Crippen LogP contribution < -0.4 is 14.8 Å². The van der Waals surface area contributed by atoms with Gasteiger partial charge in [-0.2, -0.15) is 5.10 Å². The number of amides is 1. The van der Waals surface area contributed by atoms with Crippen molar-refractivity contribution >= 4 is 5.91 Å². The van der Waals surface area contributed by atoms with Gasteiger partial charge in [0.15, 0.2) is 11.5 Å². The summed E-state index contributed by atoms with van der Waals surface area (Å²) in [6.45, 7) is 4.36. The van der Waals surface area contributed by atoms with E-state index in [9.17, 15) is 9.18 Å². The van der Waals surface area contributed by atoms with E-state index >= 15 is 0 Å². The number of nitrogens with one attached hydrogen (secondary N) is 1. The van der Waals surface area contributed by atoms with Crippen molar-refractivity contribution in [3.8, 4) is 17.2 Å². The first kappa shape index (κ1) is 22.8. The summed E-state index contributed by atoms with van der Waals surface area (Å²) >= 11 is 0. The number of methoxy groups -OCH3 is 2. The lowest BCUT2D eigenvalue weighted by Gasteiger charge is -2.36. The van der Waals surface area contributed by atoms with Crippen LogP contribution >= 0.6 is 0 Å². The quantitative estimate of drug-likeness (QED) is 0.561. The summed E-state index contributed by atoms with van der Waals surface area (Å²) in [6.07, 6.45) is 4.38. The Labute approximate surface area is 193 Å². The molecule has 1 amide bonds. The lowest BCUT2D eigenvalue weighted by atomic mass is 9.74. The Kier molecular flexibility index (Phi) is 6.40. The van der Waals surface area contributed by atoms with Crippen LogP contribution in [-0.2, 0) is 17.6 Å². The lowest BCUT2D eigenvalue weighted by Crippen LogP contribution is -2.36. The molecule has 7 heteroatoms. The van der Waals surface area contributed by atoms with Gasteiger partial charge < -0.3 is 14.8 Å². The summed E-state index contributed by atoms with van der Waals surface area (Å²) in [6, 6.07) is 12.0. The van der Waals surface area contributed by atoms with Gasteiger partial charge in [-0.25, -0.2) is 9.07 Å². The number of fused-ring (bicyclic) bond motifs is 1. The first-order chi connectivity index (χ1) is 15.8. The summed E-state index contributed by atoms with van der Waals surface area (Å²) in [5, 5.41) is 7.74. The number of nitrogens with zero attached hydrogens (tertiary/aromatic N) is 2. The van der Waals surface area contributed by atoms with Crippen molar-refractivity contribution < 1.29 is 18.7 Å². The molecule has 1 aromatic heterocycles. The fourth-order valence-electron chi connectivity index (χ4n) is 4.56. The van der Waals surface area contributed by atoms with E-state index in [-0.39, 0.29) is 23.2 Å². The summed E-state index contributed by atoms with van der Waals surface area (Å²) in [5.74, 6) is 1.00. The van der Waals surface area contributed by atoms with E-state index in [0.29, 0.717) is 30.0 Å². The molecular formula is C26H30FN3O3. The van der Waals surface area contributed by atoms with Crippen molar-refractivity contribution in [1.29, 1.82) is 0 Å². The van der Waals surface area contributed by atoms with Crippen LogP contribution in [0, 0.1) is 11.2 Å². The zero-order valence-electron chi connectivity index (χ0n) is 19.5. The van der Waals surface area contributed by atoms with Crippen LogP contribution in [0.2, 0.25) is 0 Å². The smallest absolute Gasteiger partial charge is 0.220 e. The molecule has 1 heterocycles. The predicted molar refractivity (Wildman–Crippen MR) is 124 cm³/mol. The average Bonchev–Trinajstić information content (AvgIpc) is 3.20. The number of halogens is 1. The molecule has 1 atom stereocenters. The molecule has 6 nitrogen and oxygen atoms in total. The van der Waals surface area contributed by atoms with Crippen molar-refractivity contribution in [2.75, 3.05) is 14.2 Å². The molecule has 2 aromatic carbocycles. The van der Waals surface area contributed by atoms with Gasteiger partial charge in [-0.1, -0.05) is 26.0 Å². The molecule has 1 N–H and O–H groups in total. The zero-order valence-corrected chi connectivity index (χ0v) is 19.5. The second-order valence-corrected chi connectivity index (χ2v) is 9.29. The van der Waals surface area contributed by atoms with Gasteiger partial charge in [0, 0.05) is 12.0 Å². The number of hydrogen-bond donors (Lipinski definition) is 1. The van der Waals surface area contributed by atoms with Crippen molar-refractivity contribution in [3.63, 3.8) is 0 Å². The molecule has 1 aliphatic carbocycles. The molecular weight excluding hydrogens is 421 g/mol. The summed E-state index contributed by atoms with van der Waals surface area (Å²) in [5.41, 5.74) is 3.68. The van der Waals surface area contributed by atoms with Gasteiger partial charge in [-0.15, -0.1) is 0 Å². The van der Waals surface area contributed by atoms with Gasteiger partial charge in [-0.3, -0.25) is 4.79 Å². The monoisotopic (exact) mass is 451 g/mol. The SMILES string of the molecule is COc1ccc(CCC(=O)N[C@H]2CC(C)(C)Cc3c2cnn3-c2cccc(F)c2)cc1OC. The number of hydrogen-bond acceptors (Lipinski definition) is 4. The van der Waals surface area contributed by atoms with E-state index in [1.807, 2.05) is 24.3 Å². The van der Waals surface area contributed by atoms with Crippen molar-refractivity contribution in [2.45, 2.75) is 45.6 Å². The maximum atomic E-state index is 13.8. The zero-order chi connectivity index (χ0) is 23.6. The largest absolute Gasteiger partial charge is 0.493 e. The average molecular weight is 452 g/mol. The van der Waals surface area contributed by atoms with E-state index in [1.165, 1.54) is 12.1 Å². The van der Waals surface area contributed by atoms with Gasteiger partial charge >= 0.3 is 0 Å². The van der Waals surface area contributed by atoms with Crippen LogP contribution in [0.25, 0.3) is 5.69 Å². The van der Waals surface area contributed by atoms with Gasteiger partial charge in [0.05, 0.1) is 37.8 Å². The molecule has 174 valence electrons. The third-order valence-corrected chi connectivity index (χ3v) is 6.16. The minimum absolute atomic E-state index is 0.0167. The molecule has 3 aromatic rings. The maximum absolute atomic E-state index is 13.8. The van der Waals surface area contributed by atoms with Crippen molar-refractivity contribution in [2.24, 2.45) is 5.41 Å². The summed E-state index contributed by atoms with van der Waals surface area (Å²) in [7, 11) is 3.20. The fraction of sp³-hybridized carbons (Fsp3) is 0.385. The molecule has 0 fully saturated rings. The molecule has 0 aliphatic heterocycles. The maximum Gasteiger partial charge on any atom is 0.220 e. The van der Waals surface area contributed by atoms with E-state index in [4.69, 9.17) is 9.47 Å². The Morgan fingerprint density at radius 1 is 1.18 bits per heavy atom. The number of benzene rings is 2. The molecule has 0 saturated carbocycles. The Morgan fingerprint density at radius 3 is 2.70 bits per heavy atom. The topological polar surface area (TPSA) is 65.4 Å². The van der Waals surface area contributed by atoms with E-state index in [0.717, 1.165) is 29.7 Å². The highest BCUT2D eigenvalue weighted by Gasteiger charge is 2.36. The highest BCUT2D eigenvalue weighted by molar-refractivity contribution is 5.77. The fourth-order valence-corrected chi connectivity index (χ4v) is 4.56.